The Balaban J connectivity index is 1.25. The highest BCUT2D eigenvalue weighted by atomic mass is 31.0. The first kappa shape index (κ1) is 69.6. The summed E-state index contributed by atoms with van der Waals surface area (Å²) >= 11 is 0. The van der Waals surface area contributed by atoms with Crippen LogP contribution in [0.5, 0.6) is 0 Å². The molecule has 81 heavy (non-hydrogen) atoms. The highest BCUT2D eigenvalue weighted by Gasteiger charge is 2.45. The second-order valence-electron chi connectivity index (χ2n) is 29.4. The molecule has 0 aromatic heterocycles. The van der Waals surface area contributed by atoms with Crippen LogP contribution in [0.1, 0.15) is 219 Å². The zero-order chi connectivity index (χ0) is 61.4. The van der Waals surface area contributed by atoms with E-state index in [1.165, 1.54) is 83.2 Å². The second-order valence-corrected chi connectivity index (χ2v) is 29.9. The molecule has 7 atom stereocenters. The Labute approximate surface area is 498 Å². The Morgan fingerprint density at radius 3 is 1.75 bits per heavy atom. The number of hydrogen-bond acceptors (Lipinski definition) is 14. The van der Waals surface area contributed by atoms with Gasteiger partial charge in [0.1, 0.15) is 11.6 Å². The smallest absolute Gasteiger partial charge is 0.241 e. The lowest BCUT2D eigenvalue weighted by molar-refractivity contribution is 0.0255. The number of guanidine groups is 2. The predicted octanol–water partition coefficient (Wildman–Crippen LogP) is 12.9. The zero-order valence-electron chi connectivity index (χ0n) is 54.2. The number of aliphatic imine (C=N–C) groups is 2. The van der Waals surface area contributed by atoms with Crippen LogP contribution in [-0.4, -0.2) is 92.3 Å². The molecule has 0 saturated heterocycles. The van der Waals surface area contributed by atoms with Gasteiger partial charge in [0.05, 0.1) is 11.4 Å². The molecule has 2 radical (unpaired) electrons. The molecule has 0 aromatic rings. The van der Waals surface area contributed by atoms with Crippen molar-refractivity contribution >= 4 is 34.2 Å². The number of allylic oxidation sites excluding steroid dienone is 5. The van der Waals surface area contributed by atoms with Crippen molar-refractivity contribution in [3.8, 4) is 0 Å². The highest BCUT2D eigenvalue weighted by Crippen LogP contribution is 2.50. The first-order valence-corrected chi connectivity index (χ1v) is 31.1. The van der Waals surface area contributed by atoms with Crippen LogP contribution in [0.25, 0.3) is 0 Å². The van der Waals surface area contributed by atoms with E-state index in [9.17, 15) is 0 Å². The van der Waals surface area contributed by atoms with Gasteiger partial charge in [-0.1, -0.05) is 155 Å². The molecule has 7 unspecified atom stereocenters. The summed E-state index contributed by atoms with van der Waals surface area (Å²) in [7, 11) is 13.5. The average Bonchev–Trinajstić information content (AvgIpc) is 3.50. The van der Waals surface area contributed by atoms with Gasteiger partial charge in [0.25, 0.3) is 0 Å². The average molecular weight is 1140 g/mol. The van der Waals surface area contributed by atoms with E-state index in [1.54, 1.807) is 11.1 Å². The van der Waals surface area contributed by atoms with Crippen LogP contribution in [-0.2, 0) is 0 Å². The molecule has 0 bridgehead atoms. The van der Waals surface area contributed by atoms with Gasteiger partial charge >= 0.3 is 0 Å². The molecule has 17 heteroatoms. The van der Waals surface area contributed by atoms with Crippen molar-refractivity contribution < 1.29 is 0 Å². The molecule has 4 rings (SSSR count). The van der Waals surface area contributed by atoms with Crippen LogP contribution in [0.4, 0.5) is 0 Å². The first-order valence-electron chi connectivity index (χ1n) is 30.6. The fourth-order valence-electron chi connectivity index (χ4n) is 15.1. The summed E-state index contributed by atoms with van der Waals surface area (Å²) < 4.78 is 0. The van der Waals surface area contributed by atoms with E-state index in [2.05, 4.69) is 159 Å². The Kier molecular flexibility index (Phi) is 24.3. The van der Waals surface area contributed by atoms with Crippen LogP contribution < -0.4 is 34.5 Å². The number of nitrogens with one attached hydrogen (secondary N) is 1. The van der Waals surface area contributed by atoms with Gasteiger partial charge in [0.2, 0.25) is 19.9 Å². The van der Waals surface area contributed by atoms with Crippen LogP contribution in [0.15, 0.2) is 95.2 Å². The van der Waals surface area contributed by atoms with E-state index < -0.39 is 0 Å². The van der Waals surface area contributed by atoms with Gasteiger partial charge in [0, 0.05) is 42.0 Å². The molecular formula is C64H117BN15P. The lowest BCUT2D eigenvalue weighted by atomic mass is 9.62. The molecule has 11 N–H and O–H groups in total. The summed E-state index contributed by atoms with van der Waals surface area (Å²) in [6.45, 7) is 57.6. The molecule has 15 nitrogen and oxygen atoms in total. The third kappa shape index (κ3) is 19.6. The van der Waals surface area contributed by atoms with Crippen molar-refractivity contribution in [1.82, 2.24) is 40.1 Å². The molecule has 2 fully saturated rings. The monoisotopic (exact) mass is 1140 g/mol. The molecule has 0 aromatic carbocycles. The minimum atomic E-state index is -0.174. The molecule has 456 valence electrons. The molecule has 2 saturated carbocycles. The van der Waals surface area contributed by atoms with Crippen LogP contribution >= 0.6 is 8.86 Å². The molecule has 2 aliphatic carbocycles. The summed E-state index contributed by atoms with van der Waals surface area (Å²) in [5.41, 5.74) is 5.59. The standard InChI is InChI=1S/C64H117BN15P/c1-22-51(29-26-30-56(81)74(21)54-36-60(13,14)40-63(19,38-54)42-71-49(9)79(69)57-72-44(4)31-47(7)77(57)67)33-59(11,12)35-53(24-3)62(17,18)34-52(23-2)28-25-27-46(6)76(65)55-37-61(15,16)41-64(20,39-55)43-75(66)50(10)80(70)58-73-45(5)32-48(8)78(58)68/h31-32,51-55,71,81H,4-6,9-10,22-30,33-43,66-70H2,1-3,7-8,11-21H3. The Hall–Kier alpha value is -3.89. The fourth-order valence-corrected chi connectivity index (χ4v) is 15.5. The van der Waals surface area contributed by atoms with Crippen molar-refractivity contribution in [3.05, 3.63) is 85.2 Å². The van der Waals surface area contributed by atoms with Gasteiger partial charge in [-0.2, -0.15) is 0 Å². The van der Waals surface area contributed by atoms with Gasteiger partial charge < -0.3 is 10.1 Å². The second kappa shape index (κ2) is 28.3. The molecule has 0 spiro atoms. The van der Waals surface area contributed by atoms with E-state index in [4.69, 9.17) is 37.2 Å². The lowest BCUT2D eigenvalue weighted by Crippen LogP contribution is -2.56. The third-order valence-corrected chi connectivity index (χ3v) is 19.5. The first-order chi connectivity index (χ1) is 37.3. The highest BCUT2D eigenvalue weighted by molar-refractivity contribution is 7.20. The maximum atomic E-state index is 7.04. The van der Waals surface area contributed by atoms with Crippen LogP contribution in [0.3, 0.4) is 0 Å². The van der Waals surface area contributed by atoms with Gasteiger partial charge in [-0.05, 0) is 172 Å². The maximum absolute atomic E-state index is 7.04. The van der Waals surface area contributed by atoms with Gasteiger partial charge in [-0.15, -0.1) is 8.86 Å². The maximum Gasteiger partial charge on any atom is 0.241 e. The Morgan fingerprint density at radius 2 is 1.22 bits per heavy atom. The normalized spacial score (nSPS) is 24.3. The minimum Gasteiger partial charge on any atom is -0.426 e. The number of nitrogens with two attached hydrogens (primary N) is 5. The van der Waals surface area contributed by atoms with E-state index in [1.807, 2.05) is 24.7 Å². The summed E-state index contributed by atoms with van der Waals surface area (Å²) in [6, 6.07) is 0.532. The van der Waals surface area contributed by atoms with E-state index in [0.717, 1.165) is 81.4 Å². The van der Waals surface area contributed by atoms with Crippen LogP contribution in [0, 0.1) is 50.2 Å². The van der Waals surface area contributed by atoms with Crippen molar-refractivity contribution in [2.24, 2.45) is 89.4 Å². The van der Waals surface area contributed by atoms with Crippen molar-refractivity contribution in [2.75, 3.05) is 20.1 Å². The molecule has 4 aliphatic rings. The summed E-state index contributed by atoms with van der Waals surface area (Å²) in [4.78, 5) is 13.4. The molecule has 2 aliphatic heterocycles. The van der Waals surface area contributed by atoms with Gasteiger partial charge in [0.15, 0.2) is 0 Å². The third-order valence-electron chi connectivity index (χ3n) is 18.9. The summed E-state index contributed by atoms with van der Waals surface area (Å²) in [5.74, 6) is 36.0. The van der Waals surface area contributed by atoms with Crippen molar-refractivity contribution in [1.29, 1.82) is 0 Å². The SMILES string of the molecule is [B]N(C(=C)CCCC(CC)CC(C)(C)C(CC)CC(C)(C)CC(CC)CCCC(=P)N(C)C1CC(C)(C)CC(C)(CNC(=C)N(N)C2=NC(=C)C=C(C)N2N)C1)C1CC(C)(C)CC(C)(CN(N)C(=C)N(N)C2=NC(=C)C=C(C)N2N)C1. The summed E-state index contributed by atoms with van der Waals surface area (Å²) in [5, 5.41) is 10.8. The number of hydrogen-bond donors (Lipinski definition) is 6. The molecule has 0 amide bonds. The zero-order valence-corrected chi connectivity index (χ0v) is 55.2. The Bertz CT molecular complexity index is 2370. The van der Waals surface area contributed by atoms with Crippen LogP contribution in [0.2, 0.25) is 0 Å². The minimum absolute atomic E-state index is 0.0213. The predicted molar refractivity (Wildman–Crippen MR) is 349 cm³/mol. The topological polar surface area (TPSA) is 190 Å². The molecule has 2 heterocycles. The summed E-state index contributed by atoms with van der Waals surface area (Å²) in [6.07, 6.45) is 23.7. The number of hydrazine groups is 5. The number of rotatable bonds is 30. The largest absolute Gasteiger partial charge is 0.426 e. The van der Waals surface area contributed by atoms with Gasteiger partial charge in [-0.3, -0.25) is 19.9 Å². The van der Waals surface area contributed by atoms with E-state index in [-0.39, 0.29) is 38.5 Å². The molecular weight excluding hydrogens is 1020 g/mol. The fraction of sp³-hybridized carbons (Fsp3) is 0.734. The lowest BCUT2D eigenvalue weighted by Gasteiger charge is -2.51. The van der Waals surface area contributed by atoms with Gasteiger partial charge in [-0.25, -0.2) is 49.2 Å². The van der Waals surface area contributed by atoms with E-state index in [0.29, 0.717) is 65.3 Å². The quantitative estimate of drug-likeness (QED) is 0.0173. The van der Waals surface area contributed by atoms with Crippen molar-refractivity contribution in [2.45, 2.75) is 232 Å². The van der Waals surface area contributed by atoms with E-state index >= 15 is 0 Å². The number of nitrogens with zero attached hydrogens (tertiary/aromatic N) is 9. The van der Waals surface area contributed by atoms with Crippen molar-refractivity contribution in [3.63, 3.8) is 0 Å². The Morgan fingerprint density at radius 1 is 0.741 bits per heavy atom.